The predicted molar refractivity (Wildman–Crippen MR) is 38.7 cm³/mol. The molecule has 0 radical (unpaired) electrons. The molecule has 2 N–H and O–H groups in total. The second-order valence-electron chi connectivity index (χ2n) is 2.53. The van der Waals surface area contributed by atoms with E-state index in [1.54, 1.807) is 0 Å². The Morgan fingerprint density at radius 1 is 1.25 bits per heavy atom. The average Bonchev–Trinajstić information content (AvgIpc) is 2.30. The molecule has 0 aromatic rings. The first-order chi connectivity index (χ1) is 5.54. The van der Waals surface area contributed by atoms with Crippen LogP contribution in [0.3, 0.4) is 0 Å². The highest BCUT2D eigenvalue weighted by molar-refractivity contribution is 6.13. The molecule has 1 atom stereocenters. The first-order valence-electron chi connectivity index (χ1n) is 3.45. The standard InChI is InChI=1S/C7H9NO4/c1-4(7(11)12)8-5(9)2-3-6(8)10/h2-4,7,11-12H,1H3. The van der Waals surface area contributed by atoms with E-state index in [1.807, 2.05) is 0 Å². The maximum absolute atomic E-state index is 10.9. The van der Waals surface area contributed by atoms with Crippen LogP contribution in [-0.2, 0) is 9.59 Å². The fraction of sp³-hybridized carbons (Fsp3) is 0.429. The van der Waals surface area contributed by atoms with Crippen LogP contribution >= 0.6 is 0 Å². The molecule has 0 aromatic carbocycles. The largest absolute Gasteiger partial charge is 0.366 e. The van der Waals surface area contributed by atoms with Crippen molar-refractivity contribution in [2.75, 3.05) is 0 Å². The molecule has 1 heterocycles. The fourth-order valence-corrected chi connectivity index (χ4v) is 0.947. The number of aliphatic hydroxyl groups is 2. The zero-order valence-corrected chi connectivity index (χ0v) is 6.47. The molecule has 0 spiro atoms. The van der Waals surface area contributed by atoms with Crippen molar-refractivity contribution >= 4 is 11.8 Å². The van der Waals surface area contributed by atoms with Gasteiger partial charge >= 0.3 is 0 Å². The van der Waals surface area contributed by atoms with Crippen LogP contribution in [0.25, 0.3) is 0 Å². The van der Waals surface area contributed by atoms with Gasteiger partial charge in [-0.05, 0) is 6.92 Å². The highest BCUT2D eigenvalue weighted by Gasteiger charge is 2.31. The molecular weight excluding hydrogens is 162 g/mol. The summed E-state index contributed by atoms with van der Waals surface area (Å²) in [6, 6.07) is -0.903. The molecular formula is C7H9NO4. The van der Waals surface area contributed by atoms with E-state index in [0.717, 1.165) is 17.1 Å². The number of carbonyl (C=O) groups excluding carboxylic acids is 2. The van der Waals surface area contributed by atoms with Crippen molar-refractivity contribution in [2.24, 2.45) is 0 Å². The average molecular weight is 171 g/mol. The van der Waals surface area contributed by atoms with E-state index in [0.29, 0.717) is 0 Å². The highest BCUT2D eigenvalue weighted by Crippen LogP contribution is 2.10. The van der Waals surface area contributed by atoms with Crippen LogP contribution in [-0.4, -0.2) is 39.3 Å². The summed E-state index contributed by atoms with van der Waals surface area (Å²) in [5, 5.41) is 17.4. The van der Waals surface area contributed by atoms with Gasteiger partial charge in [-0.15, -0.1) is 0 Å². The Labute approximate surface area is 68.9 Å². The lowest BCUT2D eigenvalue weighted by atomic mass is 10.3. The van der Waals surface area contributed by atoms with E-state index in [-0.39, 0.29) is 0 Å². The lowest BCUT2D eigenvalue weighted by molar-refractivity contribution is -0.151. The van der Waals surface area contributed by atoms with E-state index in [4.69, 9.17) is 10.2 Å². The van der Waals surface area contributed by atoms with Crippen molar-refractivity contribution in [1.29, 1.82) is 0 Å². The molecule has 0 aromatic heterocycles. The number of imide groups is 1. The van der Waals surface area contributed by atoms with Crippen LogP contribution < -0.4 is 0 Å². The molecule has 0 saturated carbocycles. The van der Waals surface area contributed by atoms with Gasteiger partial charge in [0.2, 0.25) is 0 Å². The van der Waals surface area contributed by atoms with Crippen LogP contribution in [0.2, 0.25) is 0 Å². The third-order valence-corrected chi connectivity index (χ3v) is 1.68. The van der Waals surface area contributed by atoms with Crippen molar-refractivity contribution in [3.05, 3.63) is 12.2 Å². The summed E-state index contributed by atoms with van der Waals surface area (Å²) >= 11 is 0. The molecule has 5 heteroatoms. The number of nitrogens with zero attached hydrogens (tertiary/aromatic N) is 1. The van der Waals surface area contributed by atoms with Gasteiger partial charge in [-0.25, -0.2) is 0 Å². The monoisotopic (exact) mass is 171 g/mol. The zero-order chi connectivity index (χ0) is 9.30. The van der Waals surface area contributed by atoms with Crippen molar-refractivity contribution in [1.82, 2.24) is 4.90 Å². The molecule has 66 valence electrons. The third-order valence-electron chi connectivity index (χ3n) is 1.68. The Morgan fingerprint density at radius 2 is 1.67 bits per heavy atom. The second-order valence-corrected chi connectivity index (χ2v) is 2.53. The lowest BCUT2D eigenvalue weighted by Crippen LogP contribution is -2.45. The van der Waals surface area contributed by atoms with E-state index >= 15 is 0 Å². The molecule has 0 saturated heterocycles. The molecule has 0 aliphatic carbocycles. The van der Waals surface area contributed by atoms with E-state index < -0.39 is 24.1 Å². The van der Waals surface area contributed by atoms with E-state index in [2.05, 4.69) is 0 Å². The topological polar surface area (TPSA) is 77.8 Å². The Balaban J connectivity index is 2.76. The molecule has 0 bridgehead atoms. The zero-order valence-electron chi connectivity index (χ0n) is 6.47. The van der Waals surface area contributed by atoms with Crippen LogP contribution in [0.4, 0.5) is 0 Å². The van der Waals surface area contributed by atoms with Gasteiger partial charge in [0.05, 0.1) is 6.04 Å². The number of amides is 2. The van der Waals surface area contributed by atoms with Crippen LogP contribution in [0.5, 0.6) is 0 Å². The second kappa shape index (κ2) is 3.04. The van der Waals surface area contributed by atoms with Gasteiger partial charge in [-0.3, -0.25) is 14.5 Å². The van der Waals surface area contributed by atoms with Crippen LogP contribution in [0, 0.1) is 0 Å². The molecule has 12 heavy (non-hydrogen) atoms. The SMILES string of the molecule is CC(C(O)O)N1C(=O)C=CC1=O. The summed E-state index contributed by atoms with van der Waals surface area (Å²) in [4.78, 5) is 22.6. The predicted octanol–water partition coefficient (Wildman–Crippen LogP) is -1.39. The molecule has 1 aliphatic heterocycles. The normalized spacial score (nSPS) is 19.5. The summed E-state index contributed by atoms with van der Waals surface area (Å²) in [7, 11) is 0. The smallest absolute Gasteiger partial charge is 0.254 e. The van der Waals surface area contributed by atoms with Crippen LogP contribution in [0.15, 0.2) is 12.2 Å². The van der Waals surface area contributed by atoms with Gasteiger partial charge in [0.15, 0.2) is 6.29 Å². The fourth-order valence-electron chi connectivity index (χ4n) is 0.947. The summed E-state index contributed by atoms with van der Waals surface area (Å²) < 4.78 is 0. The van der Waals surface area contributed by atoms with Crippen molar-refractivity contribution in [3.63, 3.8) is 0 Å². The summed E-state index contributed by atoms with van der Waals surface area (Å²) in [5.41, 5.74) is 0. The van der Waals surface area contributed by atoms with Gasteiger partial charge in [-0.2, -0.15) is 0 Å². The Bertz CT molecular complexity index is 228. The summed E-state index contributed by atoms with van der Waals surface area (Å²) in [5.74, 6) is -1.03. The number of hydrogen-bond acceptors (Lipinski definition) is 4. The lowest BCUT2D eigenvalue weighted by Gasteiger charge is -2.23. The quantitative estimate of drug-likeness (QED) is 0.396. The Kier molecular flexibility index (Phi) is 2.25. The molecule has 0 fully saturated rings. The minimum Gasteiger partial charge on any atom is -0.366 e. The number of rotatable bonds is 2. The first kappa shape index (κ1) is 8.89. The van der Waals surface area contributed by atoms with Crippen molar-refractivity contribution in [3.8, 4) is 0 Å². The van der Waals surface area contributed by atoms with Gasteiger partial charge in [0, 0.05) is 12.2 Å². The molecule has 5 nitrogen and oxygen atoms in total. The minimum atomic E-state index is -1.70. The van der Waals surface area contributed by atoms with Gasteiger partial charge in [-0.1, -0.05) is 0 Å². The maximum Gasteiger partial charge on any atom is 0.254 e. The van der Waals surface area contributed by atoms with Crippen molar-refractivity contribution < 1.29 is 19.8 Å². The molecule has 1 unspecified atom stereocenters. The van der Waals surface area contributed by atoms with Crippen LogP contribution in [0.1, 0.15) is 6.92 Å². The number of carbonyl (C=O) groups is 2. The molecule has 2 amide bonds. The Hall–Kier alpha value is -1.20. The van der Waals surface area contributed by atoms with E-state index in [9.17, 15) is 9.59 Å². The van der Waals surface area contributed by atoms with Gasteiger partial charge in [0.1, 0.15) is 0 Å². The summed E-state index contributed by atoms with van der Waals surface area (Å²) in [6.45, 7) is 1.38. The maximum atomic E-state index is 10.9. The Morgan fingerprint density at radius 3 is 2.00 bits per heavy atom. The van der Waals surface area contributed by atoms with Gasteiger partial charge in [0.25, 0.3) is 11.8 Å². The molecule has 1 rings (SSSR count). The third kappa shape index (κ3) is 1.37. The number of hydrogen-bond donors (Lipinski definition) is 2. The van der Waals surface area contributed by atoms with Gasteiger partial charge < -0.3 is 10.2 Å². The minimum absolute atomic E-state index is 0.513. The first-order valence-corrected chi connectivity index (χ1v) is 3.45. The van der Waals surface area contributed by atoms with Crippen molar-refractivity contribution in [2.45, 2.75) is 19.3 Å². The highest BCUT2D eigenvalue weighted by atomic mass is 16.5. The van der Waals surface area contributed by atoms with E-state index in [1.165, 1.54) is 6.92 Å². The summed E-state index contributed by atoms with van der Waals surface area (Å²) in [6.07, 6.45) is 0.500. The number of aliphatic hydroxyl groups excluding tert-OH is 1. The molecule has 1 aliphatic rings.